The van der Waals surface area contributed by atoms with E-state index in [2.05, 4.69) is 11.4 Å². The molecule has 1 heterocycles. The number of hydrogen-bond donors (Lipinski definition) is 1. The van der Waals surface area contributed by atoms with Crippen LogP contribution in [-0.2, 0) is 22.5 Å². The fraction of sp³-hybridized carbons (Fsp3) is 0.333. The number of methoxy groups -OCH3 is 1. The third-order valence-electron chi connectivity index (χ3n) is 4.86. The first-order valence-corrected chi connectivity index (χ1v) is 10.1. The van der Waals surface area contributed by atoms with Crippen LogP contribution in [0.4, 0.5) is 10.5 Å². The Bertz CT molecular complexity index is 891. The zero-order valence-corrected chi connectivity index (χ0v) is 17.7. The normalized spacial score (nSPS) is 13.0. The molecule has 0 aliphatic carbocycles. The number of nitrogens with one attached hydrogen (secondary N) is 1. The number of rotatable bonds is 6. The molecule has 1 N–H and O–H groups in total. The summed E-state index contributed by atoms with van der Waals surface area (Å²) < 4.78 is 5.10. The van der Waals surface area contributed by atoms with E-state index in [-0.39, 0.29) is 24.0 Å². The first-order valence-electron chi connectivity index (χ1n) is 9.33. The van der Waals surface area contributed by atoms with Gasteiger partial charge >= 0.3 is 6.03 Å². The number of hydrogen-bond acceptors (Lipinski definition) is 3. The molecule has 1 aliphatic rings. The lowest BCUT2D eigenvalue weighted by Crippen LogP contribution is -2.46. The van der Waals surface area contributed by atoms with Gasteiger partial charge in [0.1, 0.15) is 6.54 Å². The molecule has 0 saturated heterocycles. The molecule has 0 atom stereocenters. The van der Waals surface area contributed by atoms with Crippen LogP contribution in [0.1, 0.15) is 11.1 Å². The van der Waals surface area contributed by atoms with Crippen molar-refractivity contribution in [3.63, 3.8) is 0 Å². The van der Waals surface area contributed by atoms with Crippen LogP contribution in [0, 0.1) is 0 Å². The van der Waals surface area contributed by atoms with Crippen LogP contribution < -0.4 is 5.32 Å². The summed E-state index contributed by atoms with van der Waals surface area (Å²) in [6.45, 7) is 1.73. The minimum atomic E-state index is -0.433. The smallest absolute Gasteiger partial charge is 0.322 e. The fourth-order valence-corrected chi connectivity index (χ4v) is 3.57. The zero-order chi connectivity index (χ0) is 20.8. The van der Waals surface area contributed by atoms with E-state index in [1.807, 2.05) is 18.2 Å². The van der Waals surface area contributed by atoms with E-state index < -0.39 is 6.03 Å². The highest BCUT2D eigenvalue weighted by atomic mass is 35.5. The molecule has 3 amide bonds. The van der Waals surface area contributed by atoms with Crippen molar-refractivity contribution < 1.29 is 14.3 Å². The van der Waals surface area contributed by atoms with Crippen molar-refractivity contribution in [2.75, 3.05) is 38.7 Å². The van der Waals surface area contributed by atoms with Crippen molar-refractivity contribution in [2.24, 2.45) is 0 Å². The third kappa shape index (κ3) is 5.41. The highest BCUT2D eigenvalue weighted by molar-refractivity contribution is 6.43. The molecular weight excluding hydrogens is 413 g/mol. The summed E-state index contributed by atoms with van der Waals surface area (Å²) in [6, 6.07) is 12.7. The highest BCUT2D eigenvalue weighted by Crippen LogP contribution is 2.29. The average Bonchev–Trinajstić information content (AvgIpc) is 2.73. The minimum Gasteiger partial charge on any atom is -0.383 e. The summed E-state index contributed by atoms with van der Waals surface area (Å²) in [7, 11) is 1.55. The predicted octanol–water partition coefficient (Wildman–Crippen LogP) is 4.06. The van der Waals surface area contributed by atoms with Crippen molar-refractivity contribution in [3.05, 3.63) is 63.6 Å². The third-order valence-corrected chi connectivity index (χ3v) is 5.67. The summed E-state index contributed by atoms with van der Waals surface area (Å²) >= 11 is 12.2. The number of urea groups is 1. The van der Waals surface area contributed by atoms with Gasteiger partial charge in [-0.3, -0.25) is 4.79 Å². The molecule has 0 fully saturated rings. The maximum absolute atomic E-state index is 12.9. The van der Waals surface area contributed by atoms with Gasteiger partial charge in [0.2, 0.25) is 5.91 Å². The second kappa shape index (κ2) is 9.96. The lowest BCUT2D eigenvalue weighted by Gasteiger charge is -2.31. The van der Waals surface area contributed by atoms with Gasteiger partial charge in [-0.05, 0) is 29.7 Å². The van der Waals surface area contributed by atoms with Gasteiger partial charge in [0.25, 0.3) is 0 Å². The second-order valence-electron chi connectivity index (χ2n) is 6.78. The Hall–Kier alpha value is -2.28. The molecule has 0 spiro atoms. The number of benzene rings is 2. The van der Waals surface area contributed by atoms with Gasteiger partial charge in [0.05, 0.1) is 22.3 Å². The predicted molar refractivity (Wildman–Crippen MR) is 114 cm³/mol. The summed E-state index contributed by atoms with van der Waals surface area (Å²) in [6.07, 6.45) is 0.810. The number of carbonyl (C=O) groups excluding carboxylic acids is 2. The SMILES string of the molecule is COCCN(CC(=O)N1CCc2ccccc2C1)C(=O)Nc1cccc(Cl)c1Cl. The Labute approximate surface area is 180 Å². The van der Waals surface area contributed by atoms with Crippen molar-refractivity contribution in [1.82, 2.24) is 9.80 Å². The van der Waals surface area contributed by atoms with Crippen molar-refractivity contribution in [3.8, 4) is 0 Å². The molecule has 0 radical (unpaired) electrons. The van der Waals surface area contributed by atoms with E-state index in [4.69, 9.17) is 27.9 Å². The summed E-state index contributed by atoms with van der Waals surface area (Å²) in [5, 5.41) is 3.33. The molecule has 6 nitrogen and oxygen atoms in total. The lowest BCUT2D eigenvalue weighted by atomic mass is 10.00. The van der Waals surface area contributed by atoms with Crippen LogP contribution in [0.2, 0.25) is 10.0 Å². The molecule has 0 unspecified atom stereocenters. The van der Waals surface area contributed by atoms with E-state index in [9.17, 15) is 9.59 Å². The van der Waals surface area contributed by atoms with Crippen LogP contribution in [0.15, 0.2) is 42.5 Å². The van der Waals surface area contributed by atoms with E-state index in [1.165, 1.54) is 10.5 Å². The lowest BCUT2D eigenvalue weighted by molar-refractivity contribution is -0.132. The Balaban J connectivity index is 1.67. The van der Waals surface area contributed by atoms with Crippen LogP contribution in [0.3, 0.4) is 0 Å². The topological polar surface area (TPSA) is 61.9 Å². The molecule has 154 valence electrons. The summed E-state index contributed by atoms with van der Waals surface area (Å²) in [4.78, 5) is 28.9. The minimum absolute atomic E-state index is 0.0461. The molecule has 3 rings (SSSR count). The summed E-state index contributed by atoms with van der Waals surface area (Å²) in [5.41, 5.74) is 2.80. The van der Waals surface area contributed by atoms with Gasteiger partial charge in [0, 0.05) is 26.7 Å². The molecule has 8 heteroatoms. The van der Waals surface area contributed by atoms with Crippen LogP contribution in [-0.4, -0.2) is 55.1 Å². The number of halogens is 2. The van der Waals surface area contributed by atoms with E-state index in [0.717, 1.165) is 12.0 Å². The second-order valence-corrected chi connectivity index (χ2v) is 7.57. The Morgan fingerprint density at radius 1 is 1.14 bits per heavy atom. The Kier molecular flexibility index (Phi) is 7.36. The molecule has 0 aromatic heterocycles. The van der Waals surface area contributed by atoms with E-state index in [1.54, 1.807) is 30.2 Å². The summed E-state index contributed by atoms with van der Waals surface area (Å²) in [5.74, 6) is -0.108. The quantitative estimate of drug-likeness (QED) is 0.743. The molecule has 2 aromatic carbocycles. The maximum atomic E-state index is 12.9. The monoisotopic (exact) mass is 435 g/mol. The zero-order valence-electron chi connectivity index (χ0n) is 16.2. The molecule has 29 heavy (non-hydrogen) atoms. The number of nitrogens with zero attached hydrogens (tertiary/aromatic N) is 2. The number of amides is 3. The number of ether oxygens (including phenoxy) is 1. The van der Waals surface area contributed by atoms with Gasteiger partial charge < -0.3 is 19.9 Å². The molecular formula is C21H23Cl2N3O3. The van der Waals surface area contributed by atoms with Gasteiger partial charge in [-0.1, -0.05) is 53.5 Å². The number of carbonyl (C=O) groups is 2. The largest absolute Gasteiger partial charge is 0.383 e. The number of fused-ring (bicyclic) bond motifs is 1. The van der Waals surface area contributed by atoms with Crippen molar-refractivity contribution in [2.45, 2.75) is 13.0 Å². The van der Waals surface area contributed by atoms with Gasteiger partial charge in [-0.15, -0.1) is 0 Å². The molecule has 1 aliphatic heterocycles. The number of anilines is 1. The van der Waals surface area contributed by atoms with E-state index >= 15 is 0 Å². The molecule has 0 saturated carbocycles. The first kappa shape index (κ1) is 21.4. The standard InChI is InChI=1S/C21H23Cl2N3O3/c1-29-12-11-26(21(28)24-18-8-4-7-17(22)20(18)23)14-19(27)25-10-9-15-5-2-3-6-16(15)13-25/h2-8H,9-14H2,1H3,(H,24,28). The average molecular weight is 436 g/mol. The van der Waals surface area contributed by atoms with Crippen LogP contribution in [0.5, 0.6) is 0 Å². The maximum Gasteiger partial charge on any atom is 0.322 e. The van der Waals surface area contributed by atoms with Gasteiger partial charge in [-0.25, -0.2) is 4.79 Å². The van der Waals surface area contributed by atoms with Crippen molar-refractivity contribution in [1.29, 1.82) is 0 Å². The highest BCUT2D eigenvalue weighted by Gasteiger charge is 2.24. The molecule has 0 bridgehead atoms. The van der Waals surface area contributed by atoms with Crippen LogP contribution >= 0.6 is 23.2 Å². The van der Waals surface area contributed by atoms with E-state index in [0.29, 0.717) is 30.4 Å². The first-order chi connectivity index (χ1) is 14.0. The van der Waals surface area contributed by atoms with Gasteiger partial charge in [-0.2, -0.15) is 0 Å². The molecule has 2 aromatic rings. The van der Waals surface area contributed by atoms with Crippen molar-refractivity contribution >= 4 is 40.8 Å². The van der Waals surface area contributed by atoms with Gasteiger partial charge in [0.15, 0.2) is 0 Å². The fourth-order valence-electron chi connectivity index (χ4n) is 3.22. The Morgan fingerprint density at radius 2 is 1.90 bits per heavy atom. The Morgan fingerprint density at radius 3 is 2.66 bits per heavy atom. The van der Waals surface area contributed by atoms with Crippen LogP contribution in [0.25, 0.3) is 0 Å².